The minimum absolute atomic E-state index is 0.490. The molecule has 3 nitrogen and oxygen atoms in total. The maximum absolute atomic E-state index is 6.72. The second-order valence-electron chi connectivity index (χ2n) is 9.84. The lowest BCUT2D eigenvalue weighted by molar-refractivity contribution is -0.360. The molecule has 0 aromatic heterocycles. The van der Waals surface area contributed by atoms with Gasteiger partial charge in [0.15, 0.2) is 0 Å². The summed E-state index contributed by atoms with van der Waals surface area (Å²) in [6.07, 6.45) is 21.5. The van der Waals surface area contributed by atoms with Crippen molar-refractivity contribution in [3.63, 3.8) is 0 Å². The van der Waals surface area contributed by atoms with E-state index in [1.165, 1.54) is 103 Å². The van der Waals surface area contributed by atoms with Crippen LogP contribution >= 0.6 is 0 Å². The van der Waals surface area contributed by atoms with Crippen LogP contribution in [0.4, 0.5) is 0 Å². The molecular formula is C27H53NO2. The van der Waals surface area contributed by atoms with Gasteiger partial charge in [0.2, 0.25) is 5.91 Å². The molecule has 1 aliphatic heterocycles. The third-order valence-corrected chi connectivity index (χ3v) is 7.67. The van der Waals surface area contributed by atoms with Crippen molar-refractivity contribution in [3.8, 4) is 0 Å². The van der Waals surface area contributed by atoms with Crippen molar-refractivity contribution in [2.24, 2.45) is 11.8 Å². The molecule has 0 aromatic rings. The molecule has 2 rings (SSSR count). The van der Waals surface area contributed by atoms with Crippen LogP contribution in [-0.2, 0) is 9.47 Å². The Hall–Kier alpha value is -0.120. The SMILES string of the molecule is CCCCCCCCC(CCCC)C(OCC)(OCC)N1CCCC2CCCCC21. The summed E-state index contributed by atoms with van der Waals surface area (Å²) in [5, 5.41) is 0. The van der Waals surface area contributed by atoms with Crippen LogP contribution in [0.3, 0.4) is 0 Å². The molecule has 0 bridgehead atoms. The minimum atomic E-state index is -0.497. The maximum atomic E-state index is 6.72. The Morgan fingerprint density at radius 1 is 0.733 bits per heavy atom. The molecule has 0 spiro atoms. The van der Waals surface area contributed by atoms with Crippen LogP contribution in [-0.4, -0.2) is 36.6 Å². The van der Waals surface area contributed by atoms with E-state index < -0.39 is 5.91 Å². The lowest BCUT2D eigenvalue weighted by Gasteiger charge is -2.55. The largest absolute Gasteiger partial charge is 0.337 e. The van der Waals surface area contributed by atoms with E-state index in [0.717, 1.165) is 25.7 Å². The van der Waals surface area contributed by atoms with E-state index in [2.05, 4.69) is 32.6 Å². The van der Waals surface area contributed by atoms with Crippen molar-refractivity contribution < 1.29 is 9.47 Å². The van der Waals surface area contributed by atoms with Crippen molar-refractivity contribution in [1.82, 2.24) is 4.90 Å². The molecule has 1 saturated carbocycles. The van der Waals surface area contributed by atoms with E-state index in [4.69, 9.17) is 9.47 Å². The van der Waals surface area contributed by atoms with Gasteiger partial charge in [0.25, 0.3) is 0 Å². The van der Waals surface area contributed by atoms with E-state index in [-0.39, 0.29) is 0 Å². The molecule has 2 fully saturated rings. The number of nitrogens with zero attached hydrogens (tertiary/aromatic N) is 1. The van der Waals surface area contributed by atoms with E-state index in [9.17, 15) is 0 Å². The predicted molar refractivity (Wildman–Crippen MR) is 129 cm³/mol. The van der Waals surface area contributed by atoms with Crippen LogP contribution < -0.4 is 0 Å². The average Bonchev–Trinajstić information content (AvgIpc) is 2.77. The summed E-state index contributed by atoms with van der Waals surface area (Å²) in [7, 11) is 0. The molecule has 0 radical (unpaired) electrons. The van der Waals surface area contributed by atoms with Crippen LogP contribution in [0.25, 0.3) is 0 Å². The fourth-order valence-corrected chi connectivity index (χ4v) is 6.23. The van der Waals surface area contributed by atoms with E-state index >= 15 is 0 Å². The zero-order chi connectivity index (χ0) is 21.7. The van der Waals surface area contributed by atoms with Gasteiger partial charge in [-0.15, -0.1) is 0 Å². The van der Waals surface area contributed by atoms with Crippen LogP contribution in [0.2, 0.25) is 0 Å². The van der Waals surface area contributed by atoms with Gasteiger partial charge in [0.05, 0.1) is 0 Å². The molecule has 0 amide bonds. The van der Waals surface area contributed by atoms with E-state index in [1.54, 1.807) is 0 Å². The summed E-state index contributed by atoms with van der Waals surface area (Å²) in [5.74, 6) is 0.848. The second kappa shape index (κ2) is 14.9. The highest BCUT2D eigenvalue weighted by Gasteiger charge is 2.51. The number of hydrogen-bond acceptors (Lipinski definition) is 3. The second-order valence-corrected chi connectivity index (χ2v) is 9.84. The molecule has 3 atom stereocenters. The summed E-state index contributed by atoms with van der Waals surface area (Å²) in [4.78, 5) is 2.74. The fourth-order valence-electron chi connectivity index (χ4n) is 6.23. The number of hydrogen-bond donors (Lipinski definition) is 0. The van der Waals surface area contributed by atoms with Crippen molar-refractivity contribution in [1.29, 1.82) is 0 Å². The fraction of sp³-hybridized carbons (Fsp3) is 1.00. The molecule has 1 aliphatic carbocycles. The number of piperidine rings is 1. The normalized spacial score (nSPS) is 24.0. The molecule has 178 valence electrons. The number of unbranched alkanes of at least 4 members (excludes halogenated alkanes) is 6. The Bertz CT molecular complexity index is 419. The van der Waals surface area contributed by atoms with Gasteiger partial charge in [-0.3, -0.25) is 0 Å². The first kappa shape index (κ1) is 26.1. The van der Waals surface area contributed by atoms with Crippen LogP contribution in [0.1, 0.15) is 130 Å². The topological polar surface area (TPSA) is 21.7 Å². The third kappa shape index (κ3) is 7.20. The summed E-state index contributed by atoms with van der Waals surface area (Å²) >= 11 is 0. The Morgan fingerprint density at radius 2 is 1.33 bits per heavy atom. The molecule has 0 N–H and O–H groups in total. The third-order valence-electron chi connectivity index (χ3n) is 7.67. The Labute approximate surface area is 188 Å². The molecule has 30 heavy (non-hydrogen) atoms. The molecule has 1 heterocycles. The zero-order valence-electron chi connectivity index (χ0n) is 20.9. The molecule has 1 saturated heterocycles. The molecular weight excluding hydrogens is 370 g/mol. The quantitative estimate of drug-likeness (QED) is 0.186. The summed E-state index contributed by atoms with van der Waals surface area (Å²) in [6.45, 7) is 11.6. The molecule has 3 unspecified atom stereocenters. The van der Waals surface area contributed by atoms with Gasteiger partial charge in [-0.1, -0.05) is 78.1 Å². The molecule has 2 aliphatic rings. The first-order chi connectivity index (χ1) is 14.7. The Kier molecular flexibility index (Phi) is 12.9. The van der Waals surface area contributed by atoms with Crippen molar-refractivity contribution in [2.75, 3.05) is 19.8 Å². The number of likely N-dealkylation sites (tertiary alicyclic amines) is 1. The van der Waals surface area contributed by atoms with Crippen LogP contribution in [0.5, 0.6) is 0 Å². The molecule has 0 aromatic carbocycles. The van der Waals surface area contributed by atoms with E-state index in [0.29, 0.717) is 12.0 Å². The first-order valence-electron chi connectivity index (χ1n) is 13.8. The smallest absolute Gasteiger partial charge is 0.233 e. The number of fused-ring (bicyclic) bond motifs is 1. The van der Waals surface area contributed by atoms with Crippen molar-refractivity contribution in [3.05, 3.63) is 0 Å². The number of ether oxygens (including phenoxy) is 2. The van der Waals surface area contributed by atoms with Gasteiger partial charge in [-0.05, 0) is 58.3 Å². The zero-order valence-corrected chi connectivity index (χ0v) is 20.9. The monoisotopic (exact) mass is 423 g/mol. The van der Waals surface area contributed by atoms with Crippen LogP contribution in [0.15, 0.2) is 0 Å². The van der Waals surface area contributed by atoms with Crippen molar-refractivity contribution >= 4 is 0 Å². The van der Waals surface area contributed by atoms with Crippen molar-refractivity contribution in [2.45, 2.75) is 142 Å². The lowest BCUT2D eigenvalue weighted by Crippen LogP contribution is -2.64. The minimum Gasteiger partial charge on any atom is -0.337 e. The van der Waals surface area contributed by atoms with Crippen LogP contribution in [0, 0.1) is 11.8 Å². The highest BCUT2D eigenvalue weighted by Crippen LogP contribution is 2.44. The first-order valence-corrected chi connectivity index (χ1v) is 13.8. The highest BCUT2D eigenvalue weighted by molar-refractivity contribution is 4.94. The summed E-state index contributed by atoms with van der Waals surface area (Å²) in [6, 6.07) is 0.666. The maximum Gasteiger partial charge on any atom is 0.233 e. The van der Waals surface area contributed by atoms with Gasteiger partial charge in [-0.25, -0.2) is 4.90 Å². The Morgan fingerprint density at radius 3 is 2.03 bits per heavy atom. The lowest BCUT2D eigenvalue weighted by atomic mass is 9.77. The molecule has 3 heteroatoms. The summed E-state index contributed by atoms with van der Waals surface area (Å²) in [5.41, 5.74) is 0. The van der Waals surface area contributed by atoms with E-state index in [1.807, 2.05) is 0 Å². The van der Waals surface area contributed by atoms with Gasteiger partial charge in [0.1, 0.15) is 0 Å². The van der Waals surface area contributed by atoms with Gasteiger partial charge < -0.3 is 9.47 Å². The van der Waals surface area contributed by atoms with Gasteiger partial charge in [-0.2, -0.15) is 0 Å². The van der Waals surface area contributed by atoms with Gasteiger partial charge in [0, 0.05) is 31.7 Å². The highest BCUT2D eigenvalue weighted by atomic mass is 16.7. The standard InChI is InChI=1S/C27H53NO2/c1-5-9-11-12-13-14-21-25(20-10-6-2)27(29-7-3,30-8-4)28-23-17-19-24-18-15-16-22-26(24)28/h24-26H,5-23H2,1-4H3. The average molecular weight is 424 g/mol. The number of rotatable bonds is 16. The Balaban J connectivity index is 2.19. The summed E-state index contributed by atoms with van der Waals surface area (Å²) < 4.78 is 13.4. The van der Waals surface area contributed by atoms with Gasteiger partial charge >= 0.3 is 0 Å². The predicted octanol–water partition coefficient (Wildman–Crippen LogP) is 7.92.